The standard InChI is InChI=1S/C20H31N5O2/c1-4-25-14-18(15(2)22-25)13-24-8-6-20(7-9-24)12-17(5-10-26-20)11-19-21-16(3)23-27-19/h14,17H,4-13H2,1-3H3. The minimum Gasteiger partial charge on any atom is -0.375 e. The summed E-state index contributed by atoms with van der Waals surface area (Å²) in [5, 5.41) is 8.49. The molecule has 4 rings (SSSR count). The molecular formula is C20H31N5O2. The number of nitrogens with zero attached hydrogens (tertiary/aromatic N) is 5. The molecule has 1 atom stereocenters. The summed E-state index contributed by atoms with van der Waals surface area (Å²) in [6, 6.07) is 0. The average molecular weight is 374 g/mol. The van der Waals surface area contributed by atoms with Crippen LogP contribution in [0.2, 0.25) is 0 Å². The molecule has 0 aromatic carbocycles. The van der Waals surface area contributed by atoms with Crippen LogP contribution in [-0.4, -0.2) is 50.1 Å². The van der Waals surface area contributed by atoms with Crippen LogP contribution in [0, 0.1) is 19.8 Å². The molecule has 2 aliphatic heterocycles. The maximum atomic E-state index is 6.31. The second kappa shape index (κ2) is 7.72. The Kier molecular flexibility index (Phi) is 5.32. The molecule has 1 spiro atoms. The highest BCUT2D eigenvalue weighted by molar-refractivity contribution is 5.15. The van der Waals surface area contributed by atoms with Crippen LogP contribution < -0.4 is 0 Å². The van der Waals surface area contributed by atoms with Gasteiger partial charge in [-0.25, -0.2) is 0 Å². The van der Waals surface area contributed by atoms with Crippen LogP contribution in [0.15, 0.2) is 10.7 Å². The Labute approximate surface area is 161 Å². The van der Waals surface area contributed by atoms with E-state index in [-0.39, 0.29) is 5.60 Å². The molecule has 0 saturated carbocycles. The van der Waals surface area contributed by atoms with Crippen LogP contribution in [-0.2, 0) is 24.2 Å². The molecule has 2 aromatic heterocycles. The van der Waals surface area contributed by atoms with Gasteiger partial charge in [0.2, 0.25) is 5.89 Å². The van der Waals surface area contributed by atoms with E-state index in [0.29, 0.717) is 5.92 Å². The monoisotopic (exact) mass is 373 g/mol. The smallest absolute Gasteiger partial charge is 0.226 e. The molecule has 4 heterocycles. The van der Waals surface area contributed by atoms with E-state index in [1.165, 1.54) is 5.56 Å². The van der Waals surface area contributed by atoms with Gasteiger partial charge in [-0.05, 0) is 52.4 Å². The number of aromatic nitrogens is 4. The molecule has 27 heavy (non-hydrogen) atoms. The molecule has 2 saturated heterocycles. The minimum absolute atomic E-state index is 0.0388. The van der Waals surface area contributed by atoms with Crippen molar-refractivity contribution in [3.63, 3.8) is 0 Å². The fourth-order valence-corrected chi connectivity index (χ4v) is 4.56. The zero-order valence-corrected chi connectivity index (χ0v) is 16.8. The van der Waals surface area contributed by atoms with E-state index in [4.69, 9.17) is 9.26 Å². The van der Waals surface area contributed by atoms with Gasteiger partial charge in [-0.2, -0.15) is 10.1 Å². The topological polar surface area (TPSA) is 69.2 Å². The van der Waals surface area contributed by atoms with Crippen LogP contribution in [0.4, 0.5) is 0 Å². The molecule has 0 N–H and O–H groups in total. The fourth-order valence-electron chi connectivity index (χ4n) is 4.56. The van der Waals surface area contributed by atoms with E-state index in [9.17, 15) is 0 Å². The minimum atomic E-state index is 0.0388. The molecule has 0 bridgehead atoms. The summed E-state index contributed by atoms with van der Waals surface area (Å²) in [6.07, 6.45) is 7.47. The van der Waals surface area contributed by atoms with Crippen LogP contribution in [0.5, 0.6) is 0 Å². The van der Waals surface area contributed by atoms with Crippen molar-refractivity contribution in [1.29, 1.82) is 0 Å². The van der Waals surface area contributed by atoms with Crippen LogP contribution in [0.3, 0.4) is 0 Å². The van der Waals surface area contributed by atoms with Gasteiger partial charge in [0, 0.05) is 51.0 Å². The van der Waals surface area contributed by atoms with Crippen molar-refractivity contribution in [2.45, 2.75) is 71.6 Å². The third-order valence-electron chi connectivity index (χ3n) is 6.16. The Balaban J connectivity index is 1.32. The van der Waals surface area contributed by atoms with Gasteiger partial charge in [0.15, 0.2) is 5.82 Å². The second-order valence-electron chi connectivity index (χ2n) is 8.20. The predicted molar refractivity (Wildman–Crippen MR) is 101 cm³/mol. The number of rotatable bonds is 5. The third kappa shape index (κ3) is 4.24. The lowest BCUT2D eigenvalue weighted by Gasteiger charge is -2.46. The third-order valence-corrected chi connectivity index (χ3v) is 6.16. The van der Waals surface area contributed by atoms with Gasteiger partial charge in [-0.1, -0.05) is 5.16 Å². The lowest BCUT2D eigenvalue weighted by Crippen LogP contribution is -2.49. The summed E-state index contributed by atoms with van der Waals surface area (Å²) >= 11 is 0. The Morgan fingerprint density at radius 1 is 1.26 bits per heavy atom. The number of piperidine rings is 1. The predicted octanol–water partition coefficient (Wildman–Crippen LogP) is 2.91. The quantitative estimate of drug-likeness (QED) is 0.803. The van der Waals surface area contributed by atoms with Crippen LogP contribution in [0.25, 0.3) is 0 Å². The molecule has 7 heteroatoms. The van der Waals surface area contributed by atoms with E-state index >= 15 is 0 Å². The normalized spacial score (nSPS) is 23.1. The molecule has 0 aliphatic carbocycles. The van der Waals surface area contributed by atoms with Gasteiger partial charge >= 0.3 is 0 Å². The first-order chi connectivity index (χ1) is 13.0. The van der Waals surface area contributed by atoms with Crippen molar-refractivity contribution in [3.05, 3.63) is 29.2 Å². The number of hydrogen-bond donors (Lipinski definition) is 0. The van der Waals surface area contributed by atoms with E-state index in [1.54, 1.807) is 0 Å². The number of ether oxygens (including phenoxy) is 1. The molecule has 2 aliphatic rings. The first kappa shape index (κ1) is 18.6. The first-order valence-electron chi connectivity index (χ1n) is 10.2. The van der Waals surface area contributed by atoms with Gasteiger partial charge in [0.25, 0.3) is 0 Å². The van der Waals surface area contributed by atoms with Crippen LogP contribution >= 0.6 is 0 Å². The molecule has 1 unspecified atom stereocenters. The van der Waals surface area contributed by atoms with Crippen molar-refractivity contribution in [2.75, 3.05) is 19.7 Å². The molecule has 0 radical (unpaired) electrons. The Bertz CT molecular complexity index is 760. The Morgan fingerprint density at radius 2 is 2.07 bits per heavy atom. The van der Waals surface area contributed by atoms with E-state index in [1.807, 2.05) is 11.6 Å². The summed E-state index contributed by atoms with van der Waals surface area (Å²) < 4.78 is 13.7. The zero-order valence-electron chi connectivity index (χ0n) is 16.8. The van der Waals surface area contributed by atoms with E-state index in [0.717, 1.165) is 82.3 Å². The molecule has 0 amide bonds. The average Bonchev–Trinajstić information content (AvgIpc) is 3.23. The number of hydrogen-bond acceptors (Lipinski definition) is 6. The number of aryl methyl sites for hydroxylation is 3. The van der Waals surface area contributed by atoms with Crippen molar-refractivity contribution >= 4 is 0 Å². The van der Waals surface area contributed by atoms with Gasteiger partial charge in [-0.3, -0.25) is 9.58 Å². The van der Waals surface area contributed by atoms with E-state index in [2.05, 4.69) is 40.2 Å². The summed E-state index contributed by atoms with van der Waals surface area (Å²) in [5.74, 6) is 2.08. The fraction of sp³-hybridized carbons (Fsp3) is 0.750. The summed E-state index contributed by atoms with van der Waals surface area (Å²) in [6.45, 7) is 11.1. The largest absolute Gasteiger partial charge is 0.375 e. The maximum absolute atomic E-state index is 6.31. The van der Waals surface area contributed by atoms with E-state index < -0.39 is 0 Å². The van der Waals surface area contributed by atoms with Gasteiger partial charge in [0.05, 0.1) is 11.3 Å². The Hall–Kier alpha value is -1.73. The summed E-state index contributed by atoms with van der Waals surface area (Å²) in [4.78, 5) is 6.92. The molecule has 148 valence electrons. The van der Waals surface area contributed by atoms with Crippen molar-refractivity contribution in [1.82, 2.24) is 24.8 Å². The maximum Gasteiger partial charge on any atom is 0.226 e. The Morgan fingerprint density at radius 3 is 2.74 bits per heavy atom. The van der Waals surface area contributed by atoms with Crippen molar-refractivity contribution in [2.24, 2.45) is 5.92 Å². The summed E-state index contributed by atoms with van der Waals surface area (Å²) in [5.41, 5.74) is 2.54. The van der Waals surface area contributed by atoms with Crippen molar-refractivity contribution in [3.8, 4) is 0 Å². The lowest BCUT2D eigenvalue weighted by molar-refractivity contribution is -0.128. The number of likely N-dealkylation sites (tertiary alicyclic amines) is 1. The molecular weight excluding hydrogens is 342 g/mol. The highest BCUT2D eigenvalue weighted by atomic mass is 16.5. The van der Waals surface area contributed by atoms with Gasteiger partial charge < -0.3 is 9.26 Å². The summed E-state index contributed by atoms with van der Waals surface area (Å²) in [7, 11) is 0. The van der Waals surface area contributed by atoms with Crippen molar-refractivity contribution < 1.29 is 9.26 Å². The first-order valence-corrected chi connectivity index (χ1v) is 10.2. The molecule has 2 fully saturated rings. The van der Waals surface area contributed by atoms with Crippen LogP contribution in [0.1, 0.15) is 55.6 Å². The van der Waals surface area contributed by atoms with Gasteiger partial charge in [0.1, 0.15) is 0 Å². The zero-order chi connectivity index (χ0) is 18.9. The SMILES string of the molecule is CCn1cc(CN2CCC3(CC2)CC(Cc2nc(C)no2)CCO3)c(C)n1. The van der Waals surface area contributed by atoms with Gasteiger partial charge in [-0.15, -0.1) is 0 Å². The molecule has 7 nitrogen and oxygen atoms in total. The second-order valence-corrected chi connectivity index (χ2v) is 8.20. The highest BCUT2D eigenvalue weighted by Crippen LogP contribution is 2.39. The highest BCUT2D eigenvalue weighted by Gasteiger charge is 2.40. The lowest BCUT2D eigenvalue weighted by atomic mass is 9.78. The molecule has 2 aromatic rings.